The Morgan fingerprint density at radius 1 is 1.23 bits per heavy atom. The molecule has 3 rings (SSSR count). The molecule has 22 heavy (non-hydrogen) atoms. The largest absolute Gasteiger partial charge is 0.147 e. The Bertz CT molecular complexity index is 703. The number of rotatable bonds is 4. The van der Waals surface area contributed by atoms with Crippen LogP contribution < -0.4 is 0 Å². The fourth-order valence-corrected chi connectivity index (χ4v) is 23.6. The molecule has 0 saturated heterocycles. The van der Waals surface area contributed by atoms with Crippen LogP contribution in [0.15, 0.2) is 51.9 Å². The molecule has 0 aliphatic heterocycles. The van der Waals surface area contributed by atoms with Crippen LogP contribution in [0.4, 0.5) is 0 Å². The summed E-state index contributed by atoms with van der Waals surface area (Å²) in [5, 5.41) is 0. The monoisotopic (exact) mass is 430 g/mol. The molecule has 1 unspecified atom stereocenters. The molecule has 120 valence electrons. The first-order valence-corrected chi connectivity index (χ1v) is 20.5. The van der Waals surface area contributed by atoms with E-state index in [4.69, 9.17) is 0 Å². The molecule has 2 aliphatic rings. The Balaban J connectivity index is 0.00000121. The van der Waals surface area contributed by atoms with Gasteiger partial charge in [0.2, 0.25) is 0 Å². The first-order valence-electron chi connectivity index (χ1n) is 7.74. The van der Waals surface area contributed by atoms with Gasteiger partial charge < -0.3 is 0 Å². The molecule has 0 amide bonds. The maximum absolute atomic E-state index is 2.93. The Morgan fingerprint density at radius 3 is 2.59 bits per heavy atom. The smallest absolute Gasteiger partial charge is 0.147 e. The summed E-state index contributed by atoms with van der Waals surface area (Å²) in [5.41, 5.74) is 3.05. The zero-order valence-corrected chi connectivity index (χ0v) is 18.9. The molecule has 4 heteroatoms. The van der Waals surface area contributed by atoms with Gasteiger partial charge in [0, 0.05) is 0 Å². The molecule has 1 atom stereocenters. The van der Waals surface area contributed by atoms with E-state index in [9.17, 15) is 0 Å². The quantitative estimate of drug-likeness (QED) is 0.547. The average molecular weight is 433 g/mol. The molecule has 0 aromatic heterocycles. The van der Waals surface area contributed by atoms with Gasteiger partial charge in [0.25, 0.3) is 0 Å². The van der Waals surface area contributed by atoms with E-state index in [-0.39, 0.29) is 24.8 Å². The standard InChI is InChI=1S/C9H7.C5H5.C3H7.CH3.2ClH.H2Si.Zr/c1-2-5-9-7-3-6-8(9)4-1;1-2-4-5-3-1;1-3-2;;;;;/h1-7H;1-3H,4H2;1,3H2,2H3;1H3;2*1H;1H2;. The van der Waals surface area contributed by atoms with Gasteiger partial charge in [0.15, 0.2) is 0 Å². The van der Waals surface area contributed by atoms with Crippen molar-refractivity contribution in [1.82, 2.24) is 0 Å². The predicted octanol–water partition coefficient (Wildman–Crippen LogP) is 5.56. The minimum Gasteiger partial charge on any atom is -0.147 e. The van der Waals surface area contributed by atoms with Crippen molar-refractivity contribution < 1.29 is 17.4 Å². The van der Waals surface area contributed by atoms with Gasteiger partial charge in [-0.05, 0) is 0 Å². The van der Waals surface area contributed by atoms with Gasteiger partial charge in [-0.3, -0.25) is 0 Å². The number of hydrogen-bond acceptors (Lipinski definition) is 0. The van der Waals surface area contributed by atoms with Crippen LogP contribution in [0.3, 0.4) is 0 Å². The van der Waals surface area contributed by atoms with Crippen molar-refractivity contribution in [2.75, 3.05) is 0 Å². The van der Waals surface area contributed by atoms with Crippen LogP contribution >= 0.6 is 24.8 Å². The molecule has 2 aliphatic carbocycles. The summed E-state index contributed by atoms with van der Waals surface area (Å²) < 4.78 is 6.64. The summed E-state index contributed by atoms with van der Waals surface area (Å²) in [7, 11) is 0. The van der Waals surface area contributed by atoms with Crippen LogP contribution in [-0.2, 0) is 17.4 Å². The zero-order chi connectivity index (χ0) is 14.2. The molecule has 0 bridgehead atoms. The van der Waals surface area contributed by atoms with Crippen molar-refractivity contribution in [3.8, 4) is 0 Å². The molecule has 1 aromatic carbocycles. The summed E-state index contributed by atoms with van der Waals surface area (Å²) in [6, 6.07) is 9.02. The second-order valence-corrected chi connectivity index (χ2v) is 34.7. The van der Waals surface area contributed by atoms with Gasteiger partial charge in [-0.25, -0.2) is 0 Å². The van der Waals surface area contributed by atoms with Crippen LogP contribution in [0.1, 0.15) is 34.5 Å². The minimum absolute atomic E-state index is 0. The molecule has 0 nitrogen and oxygen atoms in total. The summed E-state index contributed by atoms with van der Waals surface area (Å²) >= 11 is -2.93. The number of allylic oxidation sites excluding steroid dienone is 5. The zero-order valence-electron chi connectivity index (χ0n) is 13.4. The summed E-state index contributed by atoms with van der Waals surface area (Å²) in [5.74, 6) is 0. The van der Waals surface area contributed by atoms with Crippen molar-refractivity contribution in [2.45, 2.75) is 32.2 Å². The minimum atomic E-state index is -2.93. The normalized spacial score (nSPS) is 19.2. The van der Waals surface area contributed by atoms with E-state index in [0.717, 1.165) is 0 Å². The van der Waals surface area contributed by atoms with Crippen LogP contribution in [0.25, 0.3) is 6.08 Å². The molecule has 0 spiro atoms. The van der Waals surface area contributed by atoms with Gasteiger partial charge in [-0.1, -0.05) is 0 Å². The van der Waals surface area contributed by atoms with Crippen LogP contribution in [0.2, 0.25) is 8.76 Å². The van der Waals surface area contributed by atoms with Gasteiger partial charge in [-0.2, -0.15) is 0 Å². The topological polar surface area (TPSA) is 0 Å². The first-order chi connectivity index (χ1) is 9.55. The molecule has 0 heterocycles. The second-order valence-electron chi connectivity index (χ2n) is 6.94. The van der Waals surface area contributed by atoms with Gasteiger partial charge in [0.05, 0.1) is 0 Å². The molecule has 0 N–H and O–H groups in total. The van der Waals surface area contributed by atoms with Crippen molar-refractivity contribution in [3.05, 3.63) is 63.0 Å². The van der Waals surface area contributed by atoms with Gasteiger partial charge >= 0.3 is 125 Å². The van der Waals surface area contributed by atoms with E-state index in [1.165, 1.54) is 22.5 Å². The number of fused-ring (bicyclic) bond motifs is 1. The fourth-order valence-electron chi connectivity index (χ4n) is 4.20. The maximum atomic E-state index is 2.69. The number of halogens is 2. The molecular formula is C18H26Cl2SiZr. The second kappa shape index (κ2) is 7.34. The molecule has 1 aromatic rings. The van der Waals surface area contributed by atoms with E-state index >= 15 is 0 Å². The van der Waals surface area contributed by atoms with E-state index in [0.29, 0.717) is 3.63 Å². The molecule has 0 radical (unpaired) electrons. The van der Waals surface area contributed by atoms with Gasteiger partial charge in [0.1, 0.15) is 0 Å². The Morgan fingerprint density at radius 2 is 1.95 bits per heavy atom. The molecule has 0 fully saturated rings. The van der Waals surface area contributed by atoms with Crippen LogP contribution in [0.5, 0.6) is 0 Å². The van der Waals surface area contributed by atoms with Crippen LogP contribution in [-0.4, -0.2) is 6.88 Å². The van der Waals surface area contributed by atoms with E-state index in [2.05, 4.69) is 73.1 Å². The van der Waals surface area contributed by atoms with Crippen molar-refractivity contribution in [2.24, 2.45) is 0 Å². The van der Waals surface area contributed by atoms with Crippen LogP contribution in [0, 0.1) is 0 Å². The fraction of sp³-hybridized carbons (Fsp3) is 0.333. The number of benzene rings is 1. The Labute approximate surface area is 149 Å². The van der Waals surface area contributed by atoms with E-state index in [1.54, 1.807) is 8.84 Å². The van der Waals surface area contributed by atoms with Crippen molar-refractivity contribution >= 4 is 37.8 Å². The summed E-state index contributed by atoms with van der Waals surface area (Å²) in [6.45, 7) is 4.78. The Hall–Kier alpha value is 0.120. The van der Waals surface area contributed by atoms with Crippen molar-refractivity contribution in [1.29, 1.82) is 0 Å². The van der Waals surface area contributed by atoms with E-state index < -0.39 is 17.4 Å². The summed E-state index contributed by atoms with van der Waals surface area (Å²) in [4.78, 5) is 0. The maximum Gasteiger partial charge on any atom is -0.147 e. The summed E-state index contributed by atoms with van der Waals surface area (Å²) in [6.07, 6.45) is 14.5. The average Bonchev–Trinajstić information content (AvgIpc) is 3.09. The third-order valence-corrected chi connectivity index (χ3v) is 28.7. The number of hydrogen-bond donors (Lipinski definition) is 0. The Kier molecular flexibility index (Phi) is 6.73. The first kappa shape index (κ1) is 20.2. The third kappa shape index (κ3) is 3.18. The predicted molar refractivity (Wildman–Crippen MR) is 104 cm³/mol. The molecule has 0 saturated carbocycles. The van der Waals surface area contributed by atoms with E-state index in [1.807, 2.05) is 0 Å². The third-order valence-electron chi connectivity index (χ3n) is 5.38. The van der Waals surface area contributed by atoms with Crippen molar-refractivity contribution in [3.63, 3.8) is 0 Å². The van der Waals surface area contributed by atoms with Gasteiger partial charge in [-0.15, -0.1) is 24.8 Å². The molecular weight excluding hydrogens is 406 g/mol. The SMILES string of the molecule is CC[CH2][Zr]([CH3])(=[SiH2])([C]1=CC=CC1)[CH]1C=Cc2ccccc21.Cl.Cl.